The number of benzene rings is 1. The maximum absolute atomic E-state index is 12.2. The van der Waals surface area contributed by atoms with Crippen molar-refractivity contribution in [3.8, 4) is 0 Å². The van der Waals surface area contributed by atoms with Crippen LogP contribution in [0, 0.1) is 5.92 Å². The van der Waals surface area contributed by atoms with Crippen LogP contribution >= 0.6 is 23.2 Å². The minimum Gasteiger partial charge on any atom is -0.445 e. The average molecular weight is 427 g/mol. The van der Waals surface area contributed by atoms with Crippen LogP contribution in [0.3, 0.4) is 0 Å². The molecule has 0 unspecified atom stereocenters. The molecule has 0 aromatic heterocycles. The molecule has 0 atom stereocenters. The summed E-state index contributed by atoms with van der Waals surface area (Å²) in [6, 6.07) is 4.06. The van der Waals surface area contributed by atoms with Crippen molar-refractivity contribution in [1.29, 1.82) is 0 Å². The summed E-state index contributed by atoms with van der Waals surface area (Å²) >= 11 is 11.9. The Balaban J connectivity index is 1.35. The van der Waals surface area contributed by atoms with E-state index in [1.54, 1.807) is 23.1 Å². The molecule has 1 aliphatic heterocycles. The summed E-state index contributed by atoms with van der Waals surface area (Å²) in [6.45, 7) is 1.75. The molecule has 1 aromatic rings. The zero-order valence-electron chi connectivity index (χ0n) is 15.1. The number of likely N-dealkylation sites (tertiary alicyclic amines) is 1. The molecule has 0 radical (unpaired) electrons. The number of halogens is 2. The normalized spacial score (nSPS) is 18.4. The van der Waals surface area contributed by atoms with Crippen molar-refractivity contribution in [1.82, 2.24) is 10.2 Å². The fourth-order valence-corrected chi connectivity index (χ4v) is 3.95. The number of ether oxygens (including phenoxy) is 1. The van der Waals surface area contributed by atoms with Gasteiger partial charge in [-0.2, -0.15) is 0 Å². The molecule has 3 rings (SSSR count). The van der Waals surface area contributed by atoms with Crippen LogP contribution < -0.4 is 5.32 Å². The first-order chi connectivity index (χ1) is 13.3. The number of Topliss-reactive ketones (excluding diaryl/α,β-unsaturated/α-hetero) is 3. The van der Waals surface area contributed by atoms with Gasteiger partial charge in [-0.3, -0.25) is 14.4 Å². The summed E-state index contributed by atoms with van der Waals surface area (Å²) in [5.74, 6) is -1.83. The van der Waals surface area contributed by atoms with E-state index in [0.29, 0.717) is 35.6 Å². The van der Waals surface area contributed by atoms with Gasteiger partial charge >= 0.3 is 6.09 Å². The van der Waals surface area contributed by atoms with Crippen molar-refractivity contribution in [3.05, 3.63) is 33.8 Å². The number of piperidine rings is 1. The Morgan fingerprint density at radius 2 is 1.68 bits per heavy atom. The topological polar surface area (TPSA) is 92.8 Å². The Kier molecular flexibility index (Phi) is 6.69. The standard InChI is InChI=1S/C19H20Cl2N2O5/c20-13-7-12(8-14(21)9-13)10-28-19(27)23-5-2-11(3-6-23)1-4-22-15-16(24)18(26)17(15)25/h7-9,11,15,22H,1-6,10H2. The Morgan fingerprint density at radius 3 is 2.29 bits per heavy atom. The van der Waals surface area contributed by atoms with Crippen LogP contribution in [0.5, 0.6) is 0 Å². The van der Waals surface area contributed by atoms with Gasteiger partial charge in [0.25, 0.3) is 5.78 Å². The van der Waals surface area contributed by atoms with Crippen LogP contribution in [0.4, 0.5) is 4.79 Å². The molecule has 0 bridgehead atoms. The Bertz CT molecular complexity index is 767. The van der Waals surface area contributed by atoms with E-state index in [1.165, 1.54) is 0 Å². The number of carbonyl (C=O) groups excluding carboxylic acids is 4. The minimum absolute atomic E-state index is 0.102. The molecule has 7 nitrogen and oxygen atoms in total. The Labute approximate surface area is 172 Å². The van der Waals surface area contributed by atoms with Crippen LogP contribution in [-0.2, 0) is 25.7 Å². The Hall–Kier alpha value is -1.96. The quantitative estimate of drug-likeness (QED) is 0.554. The predicted octanol–water partition coefficient (Wildman–Crippen LogP) is 2.41. The second-order valence-electron chi connectivity index (χ2n) is 7.00. The van der Waals surface area contributed by atoms with Crippen molar-refractivity contribution in [2.75, 3.05) is 19.6 Å². The third kappa shape index (κ3) is 4.90. The summed E-state index contributed by atoms with van der Waals surface area (Å²) in [7, 11) is 0. The number of rotatable bonds is 6. The van der Waals surface area contributed by atoms with Crippen molar-refractivity contribution in [3.63, 3.8) is 0 Å². The Morgan fingerprint density at radius 1 is 1.07 bits per heavy atom. The molecule has 1 heterocycles. The minimum atomic E-state index is -0.956. The summed E-state index contributed by atoms with van der Waals surface area (Å²) in [4.78, 5) is 47.3. The van der Waals surface area contributed by atoms with E-state index >= 15 is 0 Å². The van der Waals surface area contributed by atoms with Gasteiger partial charge < -0.3 is 15.0 Å². The van der Waals surface area contributed by atoms with Crippen LogP contribution in [0.2, 0.25) is 10.0 Å². The highest BCUT2D eigenvalue weighted by Crippen LogP contribution is 2.22. The smallest absolute Gasteiger partial charge is 0.410 e. The highest BCUT2D eigenvalue weighted by molar-refractivity contribution is 6.78. The van der Waals surface area contributed by atoms with Gasteiger partial charge in [-0.1, -0.05) is 23.2 Å². The fourth-order valence-electron chi connectivity index (χ4n) is 3.38. The van der Waals surface area contributed by atoms with Gasteiger partial charge in [0.15, 0.2) is 0 Å². The van der Waals surface area contributed by atoms with Crippen LogP contribution in [0.15, 0.2) is 18.2 Å². The van der Waals surface area contributed by atoms with Gasteiger partial charge in [0.1, 0.15) is 12.6 Å². The lowest BCUT2D eigenvalue weighted by atomic mass is 9.87. The summed E-state index contributed by atoms with van der Waals surface area (Å²) < 4.78 is 5.33. The second-order valence-corrected chi connectivity index (χ2v) is 7.87. The number of hydrogen-bond acceptors (Lipinski definition) is 6. The van der Waals surface area contributed by atoms with Gasteiger partial charge in [-0.15, -0.1) is 0 Å². The maximum Gasteiger partial charge on any atom is 0.410 e. The second kappa shape index (κ2) is 9.03. The number of amides is 1. The molecule has 1 N–H and O–H groups in total. The molecule has 1 amide bonds. The van der Waals surface area contributed by atoms with Crippen LogP contribution in [-0.4, -0.2) is 54.0 Å². The molecule has 28 heavy (non-hydrogen) atoms. The molecular formula is C19H20Cl2N2O5. The first-order valence-corrected chi connectivity index (χ1v) is 9.83. The number of carbonyl (C=O) groups is 4. The van der Waals surface area contributed by atoms with Crippen molar-refractivity contribution < 1.29 is 23.9 Å². The SMILES string of the molecule is O=C1C(=O)C(NCCC2CCN(C(=O)OCc3cc(Cl)cc(Cl)c3)CC2)C1=O. The molecule has 1 saturated heterocycles. The molecule has 2 fully saturated rings. The van der Waals surface area contributed by atoms with E-state index in [-0.39, 0.29) is 12.7 Å². The van der Waals surface area contributed by atoms with E-state index in [2.05, 4.69) is 5.32 Å². The van der Waals surface area contributed by atoms with Gasteiger partial charge in [0.2, 0.25) is 11.6 Å². The summed E-state index contributed by atoms with van der Waals surface area (Å²) in [5.41, 5.74) is 0.727. The lowest BCUT2D eigenvalue weighted by Gasteiger charge is -2.31. The molecule has 9 heteroatoms. The highest BCUT2D eigenvalue weighted by atomic mass is 35.5. The van der Waals surface area contributed by atoms with E-state index < -0.39 is 23.4 Å². The molecule has 0 spiro atoms. The maximum atomic E-state index is 12.2. The average Bonchev–Trinajstić information content (AvgIpc) is 2.68. The van der Waals surface area contributed by atoms with Crippen molar-refractivity contribution >= 4 is 46.6 Å². The lowest BCUT2D eigenvalue weighted by molar-refractivity contribution is -0.154. The fraction of sp³-hybridized carbons (Fsp3) is 0.474. The number of nitrogens with one attached hydrogen (secondary N) is 1. The van der Waals surface area contributed by atoms with E-state index in [4.69, 9.17) is 27.9 Å². The molecule has 150 valence electrons. The van der Waals surface area contributed by atoms with E-state index in [0.717, 1.165) is 24.8 Å². The van der Waals surface area contributed by atoms with Crippen LogP contribution in [0.25, 0.3) is 0 Å². The third-order valence-corrected chi connectivity index (χ3v) is 5.47. The molecular weight excluding hydrogens is 407 g/mol. The molecule has 1 aromatic carbocycles. The van der Waals surface area contributed by atoms with Gasteiger partial charge in [0.05, 0.1) is 0 Å². The monoisotopic (exact) mass is 426 g/mol. The largest absolute Gasteiger partial charge is 0.445 e. The number of nitrogens with zero attached hydrogens (tertiary/aromatic N) is 1. The van der Waals surface area contributed by atoms with E-state index in [9.17, 15) is 19.2 Å². The predicted molar refractivity (Wildman–Crippen MR) is 102 cm³/mol. The van der Waals surface area contributed by atoms with Gasteiger partial charge in [-0.05, 0) is 55.5 Å². The first kappa shape index (κ1) is 20.8. The first-order valence-electron chi connectivity index (χ1n) is 9.07. The molecule has 1 saturated carbocycles. The highest BCUT2D eigenvalue weighted by Gasteiger charge is 2.47. The van der Waals surface area contributed by atoms with E-state index in [1.807, 2.05) is 0 Å². The third-order valence-electron chi connectivity index (χ3n) is 5.03. The molecule has 1 aliphatic carbocycles. The lowest BCUT2D eigenvalue weighted by Crippen LogP contribution is -2.61. The number of hydrogen-bond donors (Lipinski definition) is 1. The molecule has 2 aliphatic rings. The summed E-state index contributed by atoms with van der Waals surface area (Å²) in [5, 5.41) is 3.81. The van der Waals surface area contributed by atoms with Crippen molar-refractivity contribution in [2.45, 2.75) is 31.9 Å². The van der Waals surface area contributed by atoms with Crippen LogP contribution in [0.1, 0.15) is 24.8 Å². The number of ketones is 3. The van der Waals surface area contributed by atoms with Crippen molar-refractivity contribution in [2.24, 2.45) is 5.92 Å². The van der Waals surface area contributed by atoms with Gasteiger partial charge in [0, 0.05) is 23.1 Å². The van der Waals surface area contributed by atoms with Gasteiger partial charge in [-0.25, -0.2) is 4.79 Å². The zero-order valence-corrected chi connectivity index (χ0v) is 16.6. The summed E-state index contributed by atoms with van der Waals surface area (Å²) in [6.07, 6.45) is 2.02. The zero-order chi connectivity index (χ0) is 20.3.